The lowest BCUT2D eigenvalue weighted by molar-refractivity contribution is 0.167. The van der Waals surface area contributed by atoms with Crippen molar-refractivity contribution in [3.8, 4) is 0 Å². The maximum atomic E-state index is 5.28. The summed E-state index contributed by atoms with van der Waals surface area (Å²) in [5.74, 6) is 1.64. The van der Waals surface area contributed by atoms with Crippen molar-refractivity contribution in [2.24, 2.45) is 5.16 Å². The molecule has 2 unspecified atom stereocenters. The highest BCUT2D eigenvalue weighted by Gasteiger charge is 2.11. The molecule has 0 fully saturated rings. The first-order valence-electron chi connectivity index (χ1n) is 6.61. The molecule has 0 spiro atoms. The van der Waals surface area contributed by atoms with Crippen molar-refractivity contribution < 1.29 is 9.36 Å². The van der Waals surface area contributed by atoms with Crippen LogP contribution in [-0.2, 0) is 15.1 Å². The summed E-state index contributed by atoms with van der Waals surface area (Å²) in [6.07, 6.45) is 1.88. The molecule has 1 aromatic carbocycles. The van der Waals surface area contributed by atoms with Crippen LogP contribution in [0.4, 0.5) is 0 Å². The Hall–Kier alpha value is -1.16. The van der Waals surface area contributed by atoms with Gasteiger partial charge >= 0.3 is 0 Å². The van der Waals surface area contributed by atoms with E-state index in [0.717, 1.165) is 22.7 Å². The third-order valence-electron chi connectivity index (χ3n) is 3.16. The Bertz CT molecular complexity index is 621. The molecule has 2 atom stereocenters. The molecule has 0 radical (unpaired) electrons. The Kier molecular flexibility index (Phi) is 6.43. The van der Waals surface area contributed by atoms with E-state index < -0.39 is 0 Å². The summed E-state index contributed by atoms with van der Waals surface area (Å²) in [7, 11) is 3.80. The van der Waals surface area contributed by atoms with E-state index in [1.165, 1.54) is 10.9 Å². The van der Waals surface area contributed by atoms with Gasteiger partial charge in [0, 0.05) is 30.2 Å². The highest BCUT2D eigenvalue weighted by Crippen LogP contribution is 2.18. The summed E-state index contributed by atoms with van der Waals surface area (Å²) in [6, 6.07) is 10.3. The molecule has 1 heterocycles. The lowest BCUT2D eigenvalue weighted by Crippen LogP contribution is -2.21. The number of para-hydroxylation sites is 1. The maximum absolute atomic E-state index is 5.28. The Balaban J connectivity index is 1.96. The van der Waals surface area contributed by atoms with Gasteiger partial charge in [-0.25, -0.2) is 0 Å². The first-order valence-corrected chi connectivity index (χ1v) is 8.24. The number of fused-ring (bicyclic) bond motifs is 1. The lowest BCUT2D eigenvalue weighted by atomic mass is 10.2. The van der Waals surface area contributed by atoms with Gasteiger partial charge in [0.15, 0.2) is 0 Å². The van der Waals surface area contributed by atoms with E-state index in [1.54, 1.807) is 18.9 Å². The number of nitrogens with zero attached hydrogens (tertiary/aromatic N) is 2. The molecule has 0 aliphatic heterocycles. The molecule has 0 N–H and O–H groups in total. The fourth-order valence-corrected chi connectivity index (χ4v) is 3.02. The van der Waals surface area contributed by atoms with Crippen LogP contribution in [0.15, 0.2) is 41.7 Å². The maximum Gasteiger partial charge on any atom is 0.0965 e. The van der Waals surface area contributed by atoms with E-state index >= 15 is 0 Å². The smallest absolute Gasteiger partial charge is 0.0965 e. The van der Waals surface area contributed by atoms with Gasteiger partial charge < -0.3 is 9.36 Å². The molecule has 0 aliphatic rings. The van der Waals surface area contributed by atoms with Crippen LogP contribution in [0.3, 0.4) is 0 Å². The number of ether oxygens (including phenoxy) is 1. The molecule has 0 saturated carbocycles. The van der Waals surface area contributed by atoms with Crippen LogP contribution < -0.4 is 0 Å². The average Bonchev–Trinajstić information content (AvgIpc) is 2.53. The quantitative estimate of drug-likeness (QED) is 0.443. The number of thioether (sulfide) groups is 1. The van der Waals surface area contributed by atoms with Crippen molar-refractivity contribution in [2.45, 2.75) is 18.8 Å². The van der Waals surface area contributed by atoms with Crippen LogP contribution in [-0.4, -0.2) is 29.7 Å². The summed E-state index contributed by atoms with van der Waals surface area (Å²) in [5.41, 5.74) is 3.11. The summed E-state index contributed by atoms with van der Waals surface area (Å²) in [5, 5.41) is 5.16. The largest absolute Gasteiger partial charge is 0.383 e. The Morgan fingerprint density at radius 1 is 1.43 bits per heavy atom. The van der Waals surface area contributed by atoms with Crippen molar-refractivity contribution in [3.05, 3.63) is 42.1 Å². The van der Waals surface area contributed by atoms with Crippen LogP contribution in [0, 0.1) is 0 Å². The zero-order valence-corrected chi connectivity index (χ0v) is 14.1. The van der Waals surface area contributed by atoms with E-state index in [9.17, 15) is 0 Å². The predicted octanol–water partition coefficient (Wildman–Crippen LogP) is 3.67. The molecule has 4 nitrogen and oxygen atoms in total. The van der Waals surface area contributed by atoms with Gasteiger partial charge in [-0.15, -0.1) is 0 Å². The lowest BCUT2D eigenvalue weighted by Gasteiger charge is -2.12. The van der Waals surface area contributed by atoms with Crippen molar-refractivity contribution in [2.75, 3.05) is 12.9 Å². The van der Waals surface area contributed by atoms with Gasteiger partial charge in [-0.1, -0.05) is 23.4 Å². The van der Waals surface area contributed by atoms with Crippen molar-refractivity contribution in [1.29, 1.82) is 0 Å². The normalized spacial score (nSPS) is 13.4. The first kappa shape index (κ1) is 16.2. The molecule has 0 aliphatic carbocycles. The molecule has 6 heteroatoms. The number of rotatable bonds is 7. The third kappa shape index (κ3) is 4.67. The fourth-order valence-electron chi connectivity index (χ4n) is 1.89. The van der Waals surface area contributed by atoms with Crippen molar-refractivity contribution >= 4 is 37.8 Å². The summed E-state index contributed by atoms with van der Waals surface area (Å²) < 4.78 is 10.1. The van der Waals surface area contributed by atoms with Crippen LogP contribution in [0.2, 0.25) is 0 Å². The molecule has 2 rings (SSSR count). The highest BCUT2D eigenvalue weighted by atomic mass is 32.2. The second-order valence-electron chi connectivity index (χ2n) is 4.60. The minimum Gasteiger partial charge on any atom is -0.383 e. The van der Waals surface area contributed by atoms with Gasteiger partial charge in [-0.2, -0.15) is 11.8 Å². The predicted molar refractivity (Wildman–Crippen MR) is 92.6 cm³/mol. The van der Waals surface area contributed by atoms with Crippen molar-refractivity contribution in [1.82, 2.24) is 4.98 Å². The van der Waals surface area contributed by atoms with Crippen molar-refractivity contribution in [3.63, 3.8) is 0 Å². The number of pyridine rings is 1. The van der Waals surface area contributed by atoms with Gasteiger partial charge in [0.2, 0.25) is 0 Å². The van der Waals surface area contributed by atoms with Gasteiger partial charge in [0.05, 0.1) is 26.8 Å². The number of oxime groups is 1. The number of hydrogen-bond donors (Lipinski definition) is 0. The SMILES string of the molecule is COC(C)/C(CSCc1cnc2ccccc2c1)=N/OP. The fraction of sp³-hybridized carbons (Fsp3) is 0.333. The van der Waals surface area contributed by atoms with Crippen LogP contribution in [0.25, 0.3) is 10.9 Å². The number of methoxy groups -OCH3 is 1. The molecule has 0 bridgehead atoms. The summed E-state index contributed by atoms with van der Waals surface area (Å²) in [4.78, 5) is 4.47. The van der Waals surface area contributed by atoms with E-state index in [2.05, 4.69) is 31.7 Å². The molecule has 1 aromatic heterocycles. The average molecular weight is 322 g/mol. The van der Waals surface area contributed by atoms with Gasteiger partial charge in [-0.3, -0.25) is 4.98 Å². The zero-order chi connectivity index (χ0) is 15.1. The molecule has 0 amide bonds. The summed E-state index contributed by atoms with van der Waals surface area (Å²) >= 11 is 1.77. The minimum absolute atomic E-state index is 0.0484. The second kappa shape index (κ2) is 8.32. The van der Waals surface area contributed by atoms with E-state index in [1.807, 2.05) is 31.3 Å². The second-order valence-corrected chi connectivity index (χ2v) is 5.79. The topological polar surface area (TPSA) is 43.7 Å². The van der Waals surface area contributed by atoms with E-state index in [0.29, 0.717) is 0 Å². The van der Waals surface area contributed by atoms with Gasteiger partial charge in [0.1, 0.15) is 0 Å². The molecule has 0 saturated heterocycles. The van der Waals surface area contributed by atoms with E-state index in [4.69, 9.17) is 9.36 Å². The standard InChI is InChI=1S/C15H19N2O2PS/c1-11(18-2)15(17-19-20)10-21-9-12-7-13-5-3-4-6-14(13)16-8-12/h3-8,11H,9-10,20H2,1-2H3/b17-15+. The van der Waals surface area contributed by atoms with Gasteiger partial charge in [0.25, 0.3) is 0 Å². The molecular formula is C15H19N2O2PS. The molecule has 112 valence electrons. The minimum atomic E-state index is -0.0484. The molecule has 2 aromatic rings. The van der Waals surface area contributed by atoms with E-state index in [-0.39, 0.29) is 6.10 Å². The molecule has 21 heavy (non-hydrogen) atoms. The number of hydrogen-bond acceptors (Lipinski definition) is 5. The monoisotopic (exact) mass is 322 g/mol. The highest BCUT2D eigenvalue weighted by molar-refractivity contribution is 7.99. The van der Waals surface area contributed by atoms with Crippen LogP contribution >= 0.6 is 21.2 Å². The Morgan fingerprint density at radius 2 is 2.24 bits per heavy atom. The summed E-state index contributed by atoms with van der Waals surface area (Å²) in [6.45, 7) is 1.96. The van der Waals surface area contributed by atoms with Gasteiger partial charge in [-0.05, 0) is 24.6 Å². The van der Waals surface area contributed by atoms with Crippen LogP contribution in [0.1, 0.15) is 12.5 Å². The first-order chi connectivity index (χ1) is 10.2. The Morgan fingerprint density at radius 3 is 3.00 bits per heavy atom. The molecular weight excluding hydrogens is 303 g/mol. The third-order valence-corrected chi connectivity index (χ3v) is 4.30. The number of benzene rings is 1. The number of aromatic nitrogens is 1. The zero-order valence-electron chi connectivity index (χ0n) is 12.2. The van der Waals surface area contributed by atoms with Crippen LogP contribution in [0.5, 0.6) is 0 Å². The Labute approximate surface area is 131 Å².